The molecule has 2 rings (SSSR count). The molecule has 6 heteroatoms. The average molecular weight is 341 g/mol. The van der Waals surface area contributed by atoms with Gasteiger partial charge >= 0.3 is 5.97 Å². The molecule has 0 radical (unpaired) electrons. The Balaban J connectivity index is 2.37. The predicted molar refractivity (Wildman–Crippen MR) is 80.7 cm³/mol. The molecule has 0 saturated heterocycles. The van der Waals surface area contributed by atoms with Crippen LogP contribution in [0.25, 0.3) is 0 Å². The van der Waals surface area contributed by atoms with Crippen LogP contribution in [0.2, 0.25) is 0 Å². The molecule has 4 nitrogen and oxygen atoms in total. The fourth-order valence-corrected chi connectivity index (χ4v) is 3.36. The van der Waals surface area contributed by atoms with Crippen molar-refractivity contribution < 1.29 is 9.90 Å². The summed E-state index contributed by atoms with van der Waals surface area (Å²) in [4.78, 5) is 15.8. The maximum atomic E-state index is 11.0. The number of hydrogen-bond acceptors (Lipinski definition) is 4. The lowest BCUT2D eigenvalue weighted by Crippen LogP contribution is -2.00. The standard InChI is InChI=1S/C13H13BrN2O2S/c1-6-4-9(14)5-7(2)10(6)15-13-16-11(12(17)18)8(3)19-13/h4-5H,1-3H3,(H,15,16)(H,17,18). The van der Waals surface area contributed by atoms with E-state index in [1.165, 1.54) is 11.3 Å². The molecule has 0 aliphatic carbocycles. The number of thiazole rings is 1. The SMILES string of the molecule is Cc1cc(Br)cc(C)c1Nc1nc(C(=O)O)c(C)s1. The van der Waals surface area contributed by atoms with Crippen molar-refractivity contribution in [2.45, 2.75) is 20.8 Å². The van der Waals surface area contributed by atoms with Crippen molar-refractivity contribution in [2.75, 3.05) is 5.32 Å². The lowest BCUT2D eigenvalue weighted by molar-refractivity contribution is 0.0690. The molecule has 19 heavy (non-hydrogen) atoms. The third-order valence-corrected chi connectivity index (χ3v) is 4.07. The third-order valence-electron chi connectivity index (χ3n) is 2.73. The van der Waals surface area contributed by atoms with E-state index in [1.807, 2.05) is 26.0 Å². The summed E-state index contributed by atoms with van der Waals surface area (Å²) in [5.41, 5.74) is 3.24. The van der Waals surface area contributed by atoms with Gasteiger partial charge in [-0.15, -0.1) is 11.3 Å². The number of aryl methyl sites for hydroxylation is 3. The minimum absolute atomic E-state index is 0.111. The number of aromatic carboxylic acids is 1. The van der Waals surface area contributed by atoms with Crippen LogP contribution in [0.3, 0.4) is 0 Å². The zero-order valence-electron chi connectivity index (χ0n) is 10.7. The Morgan fingerprint density at radius 3 is 2.37 bits per heavy atom. The Kier molecular flexibility index (Phi) is 3.91. The van der Waals surface area contributed by atoms with Crippen molar-refractivity contribution in [2.24, 2.45) is 0 Å². The summed E-state index contributed by atoms with van der Waals surface area (Å²) in [5, 5.41) is 12.8. The number of anilines is 2. The van der Waals surface area contributed by atoms with Crippen LogP contribution in [0.4, 0.5) is 10.8 Å². The average Bonchev–Trinajstić information content (AvgIpc) is 2.65. The van der Waals surface area contributed by atoms with Crippen LogP contribution < -0.4 is 5.32 Å². The molecule has 2 aromatic rings. The second-order valence-electron chi connectivity index (χ2n) is 4.27. The second kappa shape index (κ2) is 5.30. The van der Waals surface area contributed by atoms with E-state index >= 15 is 0 Å². The van der Waals surface area contributed by atoms with Crippen LogP contribution >= 0.6 is 27.3 Å². The Labute approximate surface area is 123 Å². The minimum atomic E-state index is -0.994. The first kappa shape index (κ1) is 14.0. The predicted octanol–water partition coefficient (Wildman–Crippen LogP) is 4.27. The van der Waals surface area contributed by atoms with Gasteiger partial charge < -0.3 is 10.4 Å². The fourth-order valence-electron chi connectivity index (χ4n) is 1.86. The van der Waals surface area contributed by atoms with Gasteiger partial charge in [-0.1, -0.05) is 15.9 Å². The van der Waals surface area contributed by atoms with Crippen LogP contribution in [0.1, 0.15) is 26.5 Å². The number of benzene rings is 1. The van der Waals surface area contributed by atoms with Crippen molar-refractivity contribution in [3.63, 3.8) is 0 Å². The Bertz CT molecular complexity index is 629. The Morgan fingerprint density at radius 1 is 1.32 bits per heavy atom. The Morgan fingerprint density at radius 2 is 1.89 bits per heavy atom. The summed E-state index contributed by atoms with van der Waals surface area (Å²) in [7, 11) is 0. The summed E-state index contributed by atoms with van der Waals surface area (Å²) in [6, 6.07) is 4.02. The highest BCUT2D eigenvalue weighted by Gasteiger charge is 2.15. The van der Waals surface area contributed by atoms with Gasteiger partial charge in [0.15, 0.2) is 10.8 Å². The van der Waals surface area contributed by atoms with Crippen molar-refractivity contribution in [1.29, 1.82) is 0 Å². The van der Waals surface area contributed by atoms with Crippen molar-refractivity contribution >= 4 is 44.1 Å². The molecule has 0 atom stereocenters. The molecule has 0 amide bonds. The van der Waals surface area contributed by atoms with Gasteiger partial charge in [-0.05, 0) is 44.0 Å². The van der Waals surface area contributed by atoms with Crippen molar-refractivity contribution in [1.82, 2.24) is 4.98 Å². The van der Waals surface area contributed by atoms with Crippen LogP contribution in [0.15, 0.2) is 16.6 Å². The van der Waals surface area contributed by atoms with Gasteiger partial charge in [0.2, 0.25) is 0 Å². The fraction of sp³-hybridized carbons (Fsp3) is 0.231. The number of rotatable bonds is 3. The molecule has 1 aromatic carbocycles. The number of carboxylic acids is 1. The van der Waals surface area contributed by atoms with E-state index in [4.69, 9.17) is 5.11 Å². The smallest absolute Gasteiger partial charge is 0.355 e. The maximum absolute atomic E-state index is 11.0. The maximum Gasteiger partial charge on any atom is 0.355 e. The molecule has 0 aliphatic heterocycles. The van der Waals surface area contributed by atoms with Crippen molar-refractivity contribution in [3.8, 4) is 0 Å². The van der Waals surface area contributed by atoms with Gasteiger partial charge in [0.25, 0.3) is 0 Å². The van der Waals surface area contributed by atoms with E-state index in [1.54, 1.807) is 6.92 Å². The molecule has 0 spiro atoms. The largest absolute Gasteiger partial charge is 0.476 e. The Hall–Kier alpha value is -1.40. The topological polar surface area (TPSA) is 62.2 Å². The summed E-state index contributed by atoms with van der Waals surface area (Å²) >= 11 is 4.79. The van der Waals surface area contributed by atoms with Crippen LogP contribution in [-0.4, -0.2) is 16.1 Å². The molecule has 100 valence electrons. The number of carbonyl (C=O) groups is 1. The molecule has 1 heterocycles. The highest BCUT2D eigenvalue weighted by molar-refractivity contribution is 9.10. The van der Waals surface area contributed by atoms with E-state index in [0.29, 0.717) is 10.0 Å². The number of halogens is 1. The van der Waals surface area contributed by atoms with E-state index in [2.05, 4.69) is 26.2 Å². The molecule has 0 bridgehead atoms. The minimum Gasteiger partial charge on any atom is -0.476 e. The molecular weight excluding hydrogens is 328 g/mol. The molecular formula is C13H13BrN2O2S. The highest BCUT2D eigenvalue weighted by atomic mass is 79.9. The van der Waals surface area contributed by atoms with Gasteiger partial charge in [0, 0.05) is 15.0 Å². The first-order valence-corrected chi connectivity index (χ1v) is 7.24. The van der Waals surface area contributed by atoms with Crippen LogP contribution in [0.5, 0.6) is 0 Å². The van der Waals surface area contributed by atoms with E-state index in [-0.39, 0.29) is 5.69 Å². The van der Waals surface area contributed by atoms with Gasteiger partial charge in [-0.25, -0.2) is 9.78 Å². The molecule has 2 N–H and O–H groups in total. The molecule has 0 unspecified atom stereocenters. The number of nitrogens with zero attached hydrogens (tertiary/aromatic N) is 1. The summed E-state index contributed by atoms with van der Waals surface area (Å²) in [6.45, 7) is 5.75. The molecule has 0 fully saturated rings. The number of carboxylic acid groups (broad SMARTS) is 1. The zero-order chi connectivity index (χ0) is 14.2. The quantitative estimate of drug-likeness (QED) is 0.875. The van der Waals surface area contributed by atoms with Gasteiger partial charge in [-0.3, -0.25) is 0 Å². The normalized spacial score (nSPS) is 10.5. The van der Waals surface area contributed by atoms with Crippen LogP contribution in [0, 0.1) is 20.8 Å². The highest BCUT2D eigenvalue weighted by Crippen LogP contribution is 2.31. The molecule has 1 aromatic heterocycles. The second-order valence-corrected chi connectivity index (χ2v) is 6.39. The number of aromatic nitrogens is 1. The first-order valence-electron chi connectivity index (χ1n) is 5.63. The van der Waals surface area contributed by atoms with E-state index in [0.717, 1.165) is 21.3 Å². The lowest BCUT2D eigenvalue weighted by atomic mass is 10.1. The van der Waals surface area contributed by atoms with Crippen LogP contribution in [-0.2, 0) is 0 Å². The van der Waals surface area contributed by atoms with E-state index < -0.39 is 5.97 Å². The summed E-state index contributed by atoms with van der Waals surface area (Å²) < 4.78 is 1.02. The lowest BCUT2D eigenvalue weighted by Gasteiger charge is -2.11. The first-order chi connectivity index (χ1) is 8.88. The van der Waals surface area contributed by atoms with E-state index in [9.17, 15) is 4.79 Å². The summed E-state index contributed by atoms with van der Waals surface area (Å²) in [5.74, 6) is -0.994. The van der Waals surface area contributed by atoms with Gasteiger partial charge in [0.1, 0.15) is 0 Å². The number of nitrogens with one attached hydrogen (secondary N) is 1. The zero-order valence-corrected chi connectivity index (χ0v) is 13.1. The monoisotopic (exact) mass is 340 g/mol. The van der Waals surface area contributed by atoms with Gasteiger partial charge in [0.05, 0.1) is 0 Å². The van der Waals surface area contributed by atoms with Gasteiger partial charge in [-0.2, -0.15) is 0 Å². The number of hydrogen-bond donors (Lipinski definition) is 2. The summed E-state index contributed by atoms with van der Waals surface area (Å²) in [6.07, 6.45) is 0. The molecule has 0 aliphatic rings. The third kappa shape index (κ3) is 2.96. The van der Waals surface area contributed by atoms with Crippen molar-refractivity contribution in [3.05, 3.63) is 38.3 Å². The molecule has 0 saturated carbocycles.